The van der Waals surface area contributed by atoms with Gasteiger partial charge in [-0.05, 0) is 46.1 Å². The fraction of sp³-hybridized carbons (Fsp3) is 0.750. The number of aromatic nitrogens is 2. The van der Waals surface area contributed by atoms with Gasteiger partial charge in [-0.2, -0.15) is 0 Å². The van der Waals surface area contributed by atoms with E-state index in [1.165, 1.54) is 38.5 Å². The number of H-pyrrole nitrogens is 1. The van der Waals surface area contributed by atoms with Gasteiger partial charge >= 0.3 is 0 Å². The van der Waals surface area contributed by atoms with Gasteiger partial charge in [0.2, 0.25) is 5.91 Å². The number of hydrogen-bond acceptors (Lipinski definition) is 4. The van der Waals surface area contributed by atoms with Gasteiger partial charge in [-0.25, -0.2) is 4.98 Å². The maximum atomic E-state index is 12.5. The van der Waals surface area contributed by atoms with Gasteiger partial charge in [-0.1, -0.05) is 25.7 Å². The van der Waals surface area contributed by atoms with Crippen LogP contribution in [0.2, 0.25) is 0 Å². The van der Waals surface area contributed by atoms with E-state index in [1.807, 2.05) is 0 Å². The smallest absolute Gasteiger partial charge is 0.254 e. The summed E-state index contributed by atoms with van der Waals surface area (Å²) in [5, 5.41) is 3.16. The van der Waals surface area contributed by atoms with Crippen molar-refractivity contribution >= 4 is 5.91 Å². The summed E-state index contributed by atoms with van der Waals surface area (Å²) in [6.45, 7) is 5.64. The number of aryl methyl sites for hydroxylation is 2. The highest BCUT2D eigenvalue weighted by Crippen LogP contribution is 2.24. The molecule has 0 aromatic carbocycles. The molecule has 1 atom stereocenters. The molecule has 1 saturated carbocycles. The number of nitrogens with zero attached hydrogens (tertiary/aromatic N) is 2. The molecule has 1 aliphatic heterocycles. The third-order valence-corrected chi connectivity index (χ3v) is 5.84. The molecule has 1 saturated heterocycles. The van der Waals surface area contributed by atoms with Crippen LogP contribution in [-0.4, -0.2) is 45.9 Å². The molecule has 0 radical (unpaired) electrons. The van der Waals surface area contributed by atoms with Crippen LogP contribution >= 0.6 is 0 Å². The molecule has 0 bridgehead atoms. The monoisotopic (exact) mass is 360 g/mol. The SMILES string of the molecule is Cc1nc(C)c(CC(=O)N[C@H]2CCCN(C3CCCCCC3)C2)c(=O)[nH]1. The van der Waals surface area contributed by atoms with E-state index in [-0.39, 0.29) is 23.9 Å². The summed E-state index contributed by atoms with van der Waals surface area (Å²) in [6, 6.07) is 0.876. The van der Waals surface area contributed by atoms with Gasteiger partial charge < -0.3 is 10.3 Å². The Hall–Kier alpha value is -1.69. The third-order valence-electron chi connectivity index (χ3n) is 5.84. The second-order valence-corrected chi connectivity index (χ2v) is 7.94. The quantitative estimate of drug-likeness (QED) is 0.807. The number of aromatic amines is 1. The van der Waals surface area contributed by atoms with Crippen molar-refractivity contribution in [2.45, 2.75) is 83.7 Å². The molecule has 26 heavy (non-hydrogen) atoms. The first-order valence-corrected chi connectivity index (χ1v) is 10.1. The Balaban J connectivity index is 1.56. The lowest BCUT2D eigenvalue weighted by molar-refractivity contribution is -0.121. The first-order chi connectivity index (χ1) is 12.5. The van der Waals surface area contributed by atoms with E-state index in [0.29, 0.717) is 23.1 Å². The molecular formula is C20H32N4O2. The highest BCUT2D eigenvalue weighted by atomic mass is 16.2. The van der Waals surface area contributed by atoms with E-state index in [9.17, 15) is 9.59 Å². The Morgan fingerprint density at radius 2 is 1.88 bits per heavy atom. The fourth-order valence-electron chi connectivity index (χ4n) is 4.48. The Kier molecular flexibility index (Phi) is 6.46. The highest BCUT2D eigenvalue weighted by Gasteiger charge is 2.27. The molecule has 6 nitrogen and oxygen atoms in total. The molecule has 2 heterocycles. The molecule has 6 heteroatoms. The normalized spacial score (nSPS) is 22.8. The van der Waals surface area contributed by atoms with Gasteiger partial charge in [-0.15, -0.1) is 0 Å². The van der Waals surface area contributed by atoms with E-state index < -0.39 is 0 Å². The minimum atomic E-state index is -0.200. The number of likely N-dealkylation sites (tertiary alicyclic amines) is 1. The zero-order chi connectivity index (χ0) is 18.5. The molecule has 1 amide bonds. The molecule has 2 fully saturated rings. The summed E-state index contributed by atoms with van der Waals surface area (Å²) < 4.78 is 0. The Labute approximate surface area is 155 Å². The maximum Gasteiger partial charge on any atom is 0.254 e. The summed E-state index contributed by atoms with van der Waals surface area (Å²) in [4.78, 5) is 34.1. The van der Waals surface area contributed by atoms with Crippen LogP contribution in [0.25, 0.3) is 0 Å². The number of amides is 1. The van der Waals surface area contributed by atoms with Crippen LogP contribution in [0.15, 0.2) is 4.79 Å². The first-order valence-electron chi connectivity index (χ1n) is 10.1. The third kappa shape index (κ3) is 4.93. The van der Waals surface area contributed by atoms with E-state index in [2.05, 4.69) is 20.2 Å². The van der Waals surface area contributed by atoms with Gasteiger partial charge in [0.15, 0.2) is 0 Å². The van der Waals surface area contributed by atoms with E-state index >= 15 is 0 Å². The number of piperidine rings is 1. The molecule has 2 N–H and O–H groups in total. The Morgan fingerprint density at radius 3 is 2.58 bits per heavy atom. The first kappa shape index (κ1) is 19.1. The summed E-state index contributed by atoms with van der Waals surface area (Å²) in [5.74, 6) is 0.514. The van der Waals surface area contributed by atoms with Crippen molar-refractivity contribution in [2.75, 3.05) is 13.1 Å². The van der Waals surface area contributed by atoms with Crippen LogP contribution in [0, 0.1) is 13.8 Å². The average Bonchev–Trinajstić information content (AvgIpc) is 2.88. The van der Waals surface area contributed by atoms with Gasteiger partial charge in [0, 0.05) is 29.9 Å². The molecule has 144 valence electrons. The van der Waals surface area contributed by atoms with E-state index in [0.717, 1.165) is 25.9 Å². The molecule has 1 aromatic rings. The zero-order valence-corrected chi connectivity index (χ0v) is 16.1. The number of hydrogen-bond donors (Lipinski definition) is 2. The van der Waals surface area contributed by atoms with Gasteiger partial charge in [-0.3, -0.25) is 14.5 Å². The molecule has 1 aliphatic carbocycles. The van der Waals surface area contributed by atoms with Crippen molar-refractivity contribution in [2.24, 2.45) is 0 Å². The fourth-order valence-corrected chi connectivity index (χ4v) is 4.48. The van der Waals surface area contributed by atoms with Crippen LogP contribution in [0.4, 0.5) is 0 Å². The summed E-state index contributed by atoms with van der Waals surface area (Å²) >= 11 is 0. The van der Waals surface area contributed by atoms with E-state index in [4.69, 9.17) is 0 Å². The van der Waals surface area contributed by atoms with Crippen molar-refractivity contribution in [3.8, 4) is 0 Å². The summed E-state index contributed by atoms with van der Waals surface area (Å²) in [6.07, 6.45) is 10.2. The van der Waals surface area contributed by atoms with Crippen LogP contribution in [0.3, 0.4) is 0 Å². The van der Waals surface area contributed by atoms with Crippen molar-refractivity contribution in [3.63, 3.8) is 0 Å². The van der Waals surface area contributed by atoms with Crippen LogP contribution < -0.4 is 10.9 Å². The lowest BCUT2D eigenvalue weighted by atomic mass is 9.99. The van der Waals surface area contributed by atoms with Crippen molar-refractivity contribution < 1.29 is 4.79 Å². The minimum Gasteiger partial charge on any atom is -0.352 e. The van der Waals surface area contributed by atoms with Crippen molar-refractivity contribution in [1.82, 2.24) is 20.2 Å². The van der Waals surface area contributed by atoms with Crippen molar-refractivity contribution in [1.29, 1.82) is 0 Å². The lowest BCUT2D eigenvalue weighted by Gasteiger charge is -2.38. The van der Waals surface area contributed by atoms with Gasteiger partial charge in [0.05, 0.1) is 6.42 Å². The number of carbonyl (C=O) groups excluding carboxylic acids is 1. The largest absolute Gasteiger partial charge is 0.352 e. The zero-order valence-electron chi connectivity index (χ0n) is 16.1. The molecule has 1 aromatic heterocycles. The predicted molar refractivity (Wildman–Crippen MR) is 102 cm³/mol. The second kappa shape index (κ2) is 8.80. The average molecular weight is 361 g/mol. The van der Waals surface area contributed by atoms with Gasteiger partial charge in [0.25, 0.3) is 5.56 Å². The summed E-state index contributed by atoms with van der Waals surface area (Å²) in [7, 11) is 0. The number of rotatable bonds is 4. The van der Waals surface area contributed by atoms with Crippen LogP contribution in [0.1, 0.15) is 68.4 Å². The topological polar surface area (TPSA) is 78.1 Å². The Morgan fingerprint density at radius 1 is 1.15 bits per heavy atom. The highest BCUT2D eigenvalue weighted by molar-refractivity contribution is 5.79. The molecule has 2 aliphatic rings. The lowest BCUT2D eigenvalue weighted by Crippen LogP contribution is -2.51. The molecule has 3 rings (SSSR count). The number of carbonyl (C=O) groups is 1. The van der Waals surface area contributed by atoms with Gasteiger partial charge in [0.1, 0.15) is 5.82 Å². The molecule has 0 spiro atoms. The van der Waals surface area contributed by atoms with Crippen LogP contribution in [0.5, 0.6) is 0 Å². The predicted octanol–water partition coefficient (Wildman–Crippen LogP) is 2.23. The van der Waals surface area contributed by atoms with Crippen LogP contribution in [-0.2, 0) is 11.2 Å². The molecular weight excluding hydrogens is 328 g/mol. The van der Waals surface area contributed by atoms with Crippen molar-refractivity contribution in [3.05, 3.63) is 27.4 Å². The second-order valence-electron chi connectivity index (χ2n) is 7.94. The number of nitrogens with one attached hydrogen (secondary N) is 2. The minimum absolute atomic E-state index is 0.0723. The maximum absolute atomic E-state index is 12.5. The standard InChI is InChI=1S/C20H32N4O2/c1-14-18(20(26)22-15(2)21-14)12-19(25)23-16-8-7-11-24(13-16)17-9-5-3-4-6-10-17/h16-17H,3-13H2,1-2H3,(H,23,25)(H,21,22,26)/t16-/m0/s1. The van der Waals surface area contributed by atoms with E-state index in [1.54, 1.807) is 13.8 Å². The summed E-state index contributed by atoms with van der Waals surface area (Å²) in [5.41, 5.74) is 0.920. The Bertz CT molecular complexity index is 677. The molecule has 0 unspecified atom stereocenters.